The number of nitrogens with zero attached hydrogens (tertiary/aromatic N) is 2. The normalized spacial score (nSPS) is 29.4. The molecule has 1 aromatic heterocycles. The molecule has 2 unspecified atom stereocenters. The van der Waals surface area contributed by atoms with Gasteiger partial charge < -0.3 is 4.74 Å². The van der Waals surface area contributed by atoms with E-state index in [1.54, 1.807) is 0 Å². The quantitative estimate of drug-likeness (QED) is 0.719. The molecular formula is C13H17ClN2O. The van der Waals surface area contributed by atoms with E-state index in [-0.39, 0.29) is 6.10 Å². The van der Waals surface area contributed by atoms with Crippen molar-refractivity contribution in [2.24, 2.45) is 5.92 Å². The monoisotopic (exact) mass is 252 g/mol. The van der Waals surface area contributed by atoms with Gasteiger partial charge in [0.15, 0.2) is 0 Å². The van der Waals surface area contributed by atoms with Gasteiger partial charge in [-0.1, -0.05) is 11.6 Å². The van der Waals surface area contributed by atoms with E-state index in [9.17, 15) is 0 Å². The summed E-state index contributed by atoms with van der Waals surface area (Å²) >= 11 is 5.95. The number of rotatable bonds is 1. The summed E-state index contributed by atoms with van der Waals surface area (Å²) in [6, 6.07) is 4.20. The van der Waals surface area contributed by atoms with Crippen LogP contribution >= 0.6 is 11.6 Å². The van der Waals surface area contributed by atoms with Crippen molar-refractivity contribution >= 4 is 11.6 Å². The van der Waals surface area contributed by atoms with Crippen molar-refractivity contribution in [3.63, 3.8) is 0 Å². The zero-order valence-electron chi connectivity index (χ0n) is 10.2. The average Bonchev–Trinajstić information content (AvgIpc) is 3.10. The Balaban J connectivity index is 1.98. The summed E-state index contributed by atoms with van der Waals surface area (Å²) in [5.74, 6) is 1.43. The van der Waals surface area contributed by atoms with E-state index in [2.05, 4.69) is 23.9 Å². The molecule has 0 N–H and O–H groups in total. The first-order valence-electron chi connectivity index (χ1n) is 6.18. The van der Waals surface area contributed by atoms with Crippen LogP contribution in [0.5, 0.6) is 5.88 Å². The SMILES string of the molecule is CC1c2ccc(Cl)nc2OC(C2CC2)CN1C. The molecule has 2 heterocycles. The molecule has 1 aliphatic heterocycles. The fourth-order valence-corrected chi connectivity index (χ4v) is 2.55. The molecule has 0 radical (unpaired) electrons. The molecule has 92 valence electrons. The fraction of sp³-hybridized carbons (Fsp3) is 0.615. The number of ether oxygens (including phenoxy) is 1. The lowest BCUT2D eigenvalue weighted by molar-refractivity contribution is 0.128. The van der Waals surface area contributed by atoms with Crippen LogP contribution < -0.4 is 4.74 Å². The number of hydrogen-bond acceptors (Lipinski definition) is 3. The van der Waals surface area contributed by atoms with Crippen LogP contribution in [-0.2, 0) is 0 Å². The zero-order chi connectivity index (χ0) is 12.0. The van der Waals surface area contributed by atoms with Gasteiger partial charge in [0, 0.05) is 18.2 Å². The highest BCUT2D eigenvalue weighted by molar-refractivity contribution is 6.29. The van der Waals surface area contributed by atoms with Gasteiger partial charge in [0.2, 0.25) is 5.88 Å². The highest BCUT2D eigenvalue weighted by Crippen LogP contribution is 2.39. The van der Waals surface area contributed by atoms with Gasteiger partial charge >= 0.3 is 0 Å². The topological polar surface area (TPSA) is 25.4 Å². The Labute approximate surface area is 107 Å². The first-order valence-corrected chi connectivity index (χ1v) is 6.56. The second kappa shape index (κ2) is 4.14. The molecule has 2 aliphatic rings. The Bertz CT molecular complexity index is 433. The molecule has 1 saturated carbocycles. The summed E-state index contributed by atoms with van der Waals surface area (Å²) in [6.07, 6.45) is 2.83. The van der Waals surface area contributed by atoms with Crippen molar-refractivity contribution in [2.45, 2.75) is 31.9 Å². The lowest BCUT2D eigenvalue weighted by atomic mass is 10.1. The molecule has 0 saturated heterocycles. The van der Waals surface area contributed by atoms with Crippen molar-refractivity contribution < 1.29 is 4.74 Å². The summed E-state index contributed by atoms with van der Waals surface area (Å²) in [4.78, 5) is 6.67. The van der Waals surface area contributed by atoms with Gasteiger partial charge in [-0.05, 0) is 44.9 Å². The van der Waals surface area contributed by atoms with Crippen LogP contribution in [0.1, 0.15) is 31.4 Å². The van der Waals surface area contributed by atoms with Crippen molar-refractivity contribution in [1.29, 1.82) is 0 Å². The van der Waals surface area contributed by atoms with Crippen LogP contribution in [0, 0.1) is 5.92 Å². The summed E-state index contributed by atoms with van der Waals surface area (Å²) in [7, 11) is 2.15. The van der Waals surface area contributed by atoms with Crippen LogP contribution in [0.15, 0.2) is 12.1 Å². The molecule has 3 nitrogen and oxygen atoms in total. The van der Waals surface area contributed by atoms with E-state index in [1.165, 1.54) is 12.8 Å². The molecule has 0 spiro atoms. The predicted molar refractivity (Wildman–Crippen MR) is 67.4 cm³/mol. The van der Waals surface area contributed by atoms with E-state index in [4.69, 9.17) is 16.3 Å². The van der Waals surface area contributed by atoms with Gasteiger partial charge in [-0.2, -0.15) is 0 Å². The third-order valence-corrected chi connectivity index (χ3v) is 4.06. The van der Waals surface area contributed by atoms with Crippen LogP contribution in [0.2, 0.25) is 5.15 Å². The van der Waals surface area contributed by atoms with Crippen molar-refractivity contribution in [1.82, 2.24) is 9.88 Å². The largest absolute Gasteiger partial charge is 0.472 e. The maximum absolute atomic E-state index is 6.07. The smallest absolute Gasteiger partial charge is 0.219 e. The number of fused-ring (bicyclic) bond motifs is 1. The van der Waals surface area contributed by atoms with E-state index in [0.717, 1.165) is 18.0 Å². The summed E-state index contributed by atoms with van der Waals surface area (Å²) in [6.45, 7) is 3.16. The third-order valence-electron chi connectivity index (χ3n) is 3.85. The molecule has 4 heteroatoms. The molecule has 3 rings (SSSR count). The first kappa shape index (κ1) is 11.3. The molecule has 17 heavy (non-hydrogen) atoms. The van der Waals surface area contributed by atoms with Crippen molar-refractivity contribution in [2.75, 3.05) is 13.6 Å². The van der Waals surface area contributed by atoms with Gasteiger partial charge in [0.05, 0.1) is 0 Å². The minimum atomic E-state index is 0.273. The summed E-state index contributed by atoms with van der Waals surface area (Å²) in [5, 5.41) is 0.509. The third kappa shape index (κ3) is 2.14. The molecule has 1 aliphatic carbocycles. The molecule has 1 aromatic rings. The number of hydrogen-bond donors (Lipinski definition) is 0. The molecule has 0 aromatic carbocycles. The van der Waals surface area contributed by atoms with E-state index in [1.807, 2.05) is 12.1 Å². The van der Waals surface area contributed by atoms with Crippen LogP contribution in [0.4, 0.5) is 0 Å². The van der Waals surface area contributed by atoms with E-state index >= 15 is 0 Å². The number of aromatic nitrogens is 1. The summed E-state index contributed by atoms with van der Waals surface area (Å²) in [5.41, 5.74) is 1.14. The van der Waals surface area contributed by atoms with Crippen LogP contribution in [0.25, 0.3) is 0 Å². The molecular weight excluding hydrogens is 236 g/mol. The second-order valence-electron chi connectivity index (χ2n) is 5.14. The lowest BCUT2D eigenvalue weighted by Crippen LogP contribution is -2.33. The van der Waals surface area contributed by atoms with E-state index in [0.29, 0.717) is 17.1 Å². The molecule has 0 bridgehead atoms. The maximum Gasteiger partial charge on any atom is 0.219 e. The molecule has 1 fully saturated rings. The fourth-order valence-electron chi connectivity index (χ4n) is 2.41. The number of pyridine rings is 1. The average molecular weight is 253 g/mol. The summed E-state index contributed by atoms with van der Waals surface area (Å²) < 4.78 is 6.07. The van der Waals surface area contributed by atoms with E-state index < -0.39 is 0 Å². The Morgan fingerprint density at radius 2 is 2.18 bits per heavy atom. The van der Waals surface area contributed by atoms with Crippen LogP contribution in [0.3, 0.4) is 0 Å². The second-order valence-corrected chi connectivity index (χ2v) is 5.52. The first-order chi connectivity index (χ1) is 8.15. The van der Waals surface area contributed by atoms with Gasteiger partial charge in [-0.15, -0.1) is 0 Å². The van der Waals surface area contributed by atoms with Crippen molar-refractivity contribution in [3.8, 4) is 5.88 Å². The number of halogens is 1. The Kier molecular flexibility index (Phi) is 2.75. The van der Waals surface area contributed by atoms with Gasteiger partial charge in [-0.3, -0.25) is 4.90 Å². The highest BCUT2D eigenvalue weighted by atomic mass is 35.5. The Hall–Kier alpha value is -0.800. The zero-order valence-corrected chi connectivity index (χ0v) is 10.9. The Morgan fingerprint density at radius 1 is 1.41 bits per heavy atom. The standard InChI is InChI=1S/C13H17ClN2O/c1-8-10-5-6-12(14)15-13(10)17-11(7-16(8)2)9-3-4-9/h5-6,8-9,11H,3-4,7H2,1-2H3. The maximum atomic E-state index is 6.07. The van der Waals surface area contributed by atoms with Gasteiger partial charge in [-0.25, -0.2) is 4.98 Å². The van der Waals surface area contributed by atoms with Crippen molar-refractivity contribution in [3.05, 3.63) is 22.8 Å². The van der Waals surface area contributed by atoms with Gasteiger partial charge in [0.1, 0.15) is 11.3 Å². The lowest BCUT2D eigenvalue weighted by Gasteiger charge is -2.23. The molecule has 2 atom stereocenters. The highest BCUT2D eigenvalue weighted by Gasteiger charge is 2.37. The van der Waals surface area contributed by atoms with Gasteiger partial charge in [0.25, 0.3) is 0 Å². The minimum absolute atomic E-state index is 0.273. The minimum Gasteiger partial charge on any atom is -0.472 e. The number of likely N-dealkylation sites (N-methyl/N-ethyl adjacent to an activating group) is 1. The predicted octanol–water partition coefficient (Wildman–Crippen LogP) is 2.90. The Morgan fingerprint density at radius 3 is 2.88 bits per heavy atom. The molecule has 0 amide bonds. The van der Waals surface area contributed by atoms with Crippen LogP contribution in [-0.4, -0.2) is 29.6 Å².